The number of ether oxygens (including phenoxy) is 2. The van der Waals surface area contributed by atoms with Gasteiger partial charge in [0, 0.05) is 25.7 Å². The Morgan fingerprint density at radius 1 is 1.35 bits per heavy atom. The van der Waals surface area contributed by atoms with E-state index >= 15 is 0 Å². The second-order valence-corrected chi connectivity index (χ2v) is 6.38. The SMILES string of the molecule is COc1c2ccc(C(=O)N3CCC(N4C(=O)COC4=O)C3)cc2nn1C. The van der Waals surface area contributed by atoms with Crippen LogP contribution in [0.4, 0.5) is 4.79 Å². The fourth-order valence-electron chi connectivity index (χ4n) is 3.59. The molecule has 26 heavy (non-hydrogen) atoms. The first kappa shape index (κ1) is 16.4. The Morgan fingerprint density at radius 2 is 2.15 bits per heavy atom. The molecular weight excluding hydrogens is 340 g/mol. The van der Waals surface area contributed by atoms with E-state index in [0.29, 0.717) is 36.5 Å². The summed E-state index contributed by atoms with van der Waals surface area (Å²) in [6.07, 6.45) is -0.0806. The Bertz CT molecular complexity index is 905. The van der Waals surface area contributed by atoms with Crippen LogP contribution in [0.2, 0.25) is 0 Å². The van der Waals surface area contributed by atoms with Crippen molar-refractivity contribution < 1.29 is 23.9 Å². The zero-order valence-corrected chi connectivity index (χ0v) is 14.5. The van der Waals surface area contributed by atoms with E-state index in [-0.39, 0.29) is 24.5 Å². The summed E-state index contributed by atoms with van der Waals surface area (Å²) in [5.41, 5.74) is 1.18. The van der Waals surface area contributed by atoms with E-state index in [1.807, 2.05) is 6.07 Å². The van der Waals surface area contributed by atoms with Crippen molar-refractivity contribution in [1.82, 2.24) is 19.6 Å². The molecule has 2 aromatic rings. The smallest absolute Gasteiger partial charge is 0.417 e. The minimum Gasteiger partial charge on any atom is -0.481 e. The molecule has 136 valence electrons. The largest absolute Gasteiger partial charge is 0.481 e. The number of imide groups is 1. The zero-order valence-electron chi connectivity index (χ0n) is 14.5. The van der Waals surface area contributed by atoms with E-state index in [1.54, 1.807) is 35.9 Å². The number of cyclic esters (lactones) is 1. The van der Waals surface area contributed by atoms with Gasteiger partial charge in [-0.25, -0.2) is 14.4 Å². The van der Waals surface area contributed by atoms with E-state index in [2.05, 4.69) is 5.10 Å². The summed E-state index contributed by atoms with van der Waals surface area (Å²) >= 11 is 0. The molecule has 2 aliphatic rings. The van der Waals surface area contributed by atoms with Crippen molar-refractivity contribution in [2.24, 2.45) is 7.05 Å². The number of aryl methyl sites for hydroxylation is 1. The van der Waals surface area contributed by atoms with E-state index in [0.717, 1.165) is 10.3 Å². The van der Waals surface area contributed by atoms with Crippen LogP contribution in [0.25, 0.3) is 10.9 Å². The molecule has 3 amide bonds. The average molecular weight is 358 g/mol. The number of fused-ring (bicyclic) bond motifs is 1. The van der Waals surface area contributed by atoms with E-state index < -0.39 is 6.09 Å². The molecule has 3 heterocycles. The number of amides is 3. The van der Waals surface area contributed by atoms with Crippen molar-refractivity contribution in [2.75, 3.05) is 26.8 Å². The van der Waals surface area contributed by atoms with Crippen LogP contribution in [0.1, 0.15) is 16.8 Å². The van der Waals surface area contributed by atoms with Gasteiger partial charge in [0.2, 0.25) is 5.88 Å². The van der Waals surface area contributed by atoms with Gasteiger partial charge in [-0.15, -0.1) is 0 Å². The van der Waals surface area contributed by atoms with Crippen molar-refractivity contribution in [3.8, 4) is 5.88 Å². The van der Waals surface area contributed by atoms with Crippen LogP contribution in [0.3, 0.4) is 0 Å². The van der Waals surface area contributed by atoms with Crippen LogP contribution in [0, 0.1) is 0 Å². The first-order chi connectivity index (χ1) is 12.5. The molecule has 0 aliphatic carbocycles. The van der Waals surface area contributed by atoms with Crippen LogP contribution in [0.5, 0.6) is 5.88 Å². The Labute approximate surface area is 149 Å². The first-order valence-electron chi connectivity index (χ1n) is 8.28. The van der Waals surface area contributed by atoms with Gasteiger partial charge >= 0.3 is 6.09 Å². The molecule has 0 spiro atoms. The number of carbonyl (C=O) groups is 3. The molecule has 0 N–H and O–H groups in total. The lowest BCUT2D eigenvalue weighted by atomic mass is 10.1. The highest BCUT2D eigenvalue weighted by Gasteiger charge is 2.41. The number of hydrogen-bond acceptors (Lipinski definition) is 6. The molecule has 9 nitrogen and oxygen atoms in total. The quantitative estimate of drug-likeness (QED) is 0.805. The number of carbonyl (C=O) groups excluding carboxylic acids is 3. The molecule has 1 aromatic heterocycles. The van der Waals surface area contributed by atoms with Gasteiger partial charge < -0.3 is 14.4 Å². The Hall–Kier alpha value is -3.10. The number of aromatic nitrogens is 2. The molecule has 4 rings (SSSR count). The summed E-state index contributed by atoms with van der Waals surface area (Å²) in [7, 11) is 3.35. The van der Waals surface area contributed by atoms with Gasteiger partial charge in [-0.1, -0.05) is 0 Å². The Morgan fingerprint density at radius 3 is 2.85 bits per heavy atom. The number of rotatable bonds is 3. The van der Waals surface area contributed by atoms with Gasteiger partial charge in [0.15, 0.2) is 6.61 Å². The lowest BCUT2D eigenvalue weighted by Gasteiger charge is -2.20. The van der Waals surface area contributed by atoms with Crippen LogP contribution in [0.15, 0.2) is 18.2 Å². The molecule has 1 aromatic carbocycles. The number of nitrogens with zero attached hydrogens (tertiary/aromatic N) is 4. The van der Waals surface area contributed by atoms with E-state index in [4.69, 9.17) is 9.47 Å². The minimum atomic E-state index is -0.628. The zero-order chi connectivity index (χ0) is 18.4. The van der Waals surface area contributed by atoms with Crippen molar-refractivity contribution in [2.45, 2.75) is 12.5 Å². The number of likely N-dealkylation sites (tertiary alicyclic amines) is 1. The molecule has 2 aliphatic heterocycles. The van der Waals surface area contributed by atoms with Crippen molar-refractivity contribution in [1.29, 1.82) is 0 Å². The van der Waals surface area contributed by atoms with Gasteiger partial charge in [0.25, 0.3) is 11.8 Å². The second kappa shape index (κ2) is 6.01. The highest BCUT2D eigenvalue weighted by molar-refractivity contribution is 6.00. The molecule has 0 bridgehead atoms. The third kappa shape index (κ3) is 2.47. The monoisotopic (exact) mass is 358 g/mol. The summed E-state index contributed by atoms with van der Waals surface area (Å²) in [5.74, 6) is 0.127. The maximum absolute atomic E-state index is 12.8. The van der Waals surface area contributed by atoms with Crippen molar-refractivity contribution in [3.05, 3.63) is 23.8 Å². The molecule has 0 saturated carbocycles. The number of benzene rings is 1. The predicted octanol–water partition coefficient (Wildman–Crippen LogP) is 0.775. The molecular formula is C17H18N4O5. The Balaban J connectivity index is 1.54. The van der Waals surface area contributed by atoms with E-state index in [1.165, 1.54) is 0 Å². The summed E-state index contributed by atoms with van der Waals surface area (Å²) in [4.78, 5) is 39.1. The molecule has 2 saturated heterocycles. The summed E-state index contributed by atoms with van der Waals surface area (Å²) in [6.45, 7) is 0.564. The van der Waals surface area contributed by atoms with Crippen molar-refractivity contribution in [3.63, 3.8) is 0 Å². The lowest BCUT2D eigenvalue weighted by Crippen LogP contribution is -2.42. The van der Waals surface area contributed by atoms with Gasteiger partial charge in [-0.2, -0.15) is 5.10 Å². The van der Waals surface area contributed by atoms with Gasteiger partial charge in [-0.05, 0) is 24.6 Å². The van der Waals surface area contributed by atoms with Crippen molar-refractivity contribution >= 4 is 28.8 Å². The van der Waals surface area contributed by atoms with Gasteiger partial charge in [0.05, 0.1) is 24.1 Å². The van der Waals surface area contributed by atoms with E-state index in [9.17, 15) is 14.4 Å². The lowest BCUT2D eigenvalue weighted by molar-refractivity contribution is -0.127. The second-order valence-electron chi connectivity index (χ2n) is 6.38. The molecule has 9 heteroatoms. The molecule has 2 fully saturated rings. The van der Waals surface area contributed by atoms with Crippen LogP contribution in [-0.4, -0.2) is 70.3 Å². The first-order valence-corrected chi connectivity index (χ1v) is 8.28. The molecule has 1 atom stereocenters. The third-order valence-corrected chi connectivity index (χ3v) is 4.82. The topological polar surface area (TPSA) is 94.0 Å². The highest BCUT2D eigenvalue weighted by atomic mass is 16.6. The standard InChI is InChI=1S/C17H18N4O5/c1-19-16(25-2)12-4-3-10(7-13(12)18-19)15(23)20-6-5-11(8-20)21-14(22)9-26-17(21)24/h3-4,7,11H,5-6,8-9H2,1-2H3. The maximum Gasteiger partial charge on any atom is 0.417 e. The fourth-order valence-corrected chi connectivity index (χ4v) is 3.59. The average Bonchev–Trinajstić information content (AvgIpc) is 3.30. The Kier molecular flexibility index (Phi) is 3.78. The third-order valence-electron chi connectivity index (χ3n) is 4.82. The molecule has 1 unspecified atom stereocenters. The highest BCUT2D eigenvalue weighted by Crippen LogP contribution is 2.27. The van der Waals surface area contributed by atoms with Gasteiger partial charge in [0.1, 0.15) is 0 Å². The van der Waals surface area contributed by atoms with Crippen LogP contribution in [-0.2, 0) is 16.6 Å². The maximum atomic E-state index is 12.8. The van der Waals surface area contributed by atoms with Gasteiger partial charge in [-0.3, -0.25) is 9.59 Å². The summed E-state index contributed by atoms with van der Waals surface area (Å²) in [6, 6.07) is 4.93. The normalized spacial score (nSPS) is 20.2. The summed E-state index contributed by atoms with van der Waals surface area (Å²) < 4.78 is 11.7. The number of hydrogen-bond donors (Lipinski definition) is 0. The predicted molar refractivity (Wildman–Crippen MR) is 89.8 cm³/mol. The fraction of sp³-hybridized carbons (Fsp3) is 0.412. The molecule has 0 radical (unpaired) electrons. The summed E-state index contributed by atoms with van der Waals surface area (Å²) in [5, 5.41) is 5.19. The van der Waals surface area contributed by atoms with Crippen LogP contribution < -0.4 is 4.74 Å². The van der Waals surface area contributed by atoms with Crippen LogP contribution >= 0.6 is 0 Å². The minimum absolute atomic E-state index is 0.154. The number of methoxy groups -OCH3 is 1.